The average Bonchev–Trinajstić information content (AvgIpc) is 3.32. The molecule has 0 saturated heterocycles. The van der Waals surface area contributed by atoms with E-state index in [1.165, 1.54) is 14.0 Å². The number of methoxy groups -OCH3 is 1. The fourth-order valence-electron chi connectivity index (χ4n) is 11.2. The van der Waals surface area contributed by atoms with E-state index < -0.39 is 22.2 Å². The number of carbonyl (C=O) groups is 3. The molecule has 1 N–H and O–H groups in total. The van der Waals surface area contributed by atoms with E-state index in [0.29, 0.717) is 6.42 Å². The Bertz CT molecular complexity index is 1140. The van der Waals surface area contributed by atoms with Crippen LogP contribution in [0.1, 0.15) is 99.3 Å². The Morgan fingerprint density at radius 1 is 1.02 bits per heavy atom. The average molecular weight is 570 g/mol. The lowest BCUT2D eigenvalue weighted by atomic mass is 9.33. The molecule has 0 aromatic rings. The Morgan fingerprint density at radius 2 is 1.71 bits per heavy atom. The summed E-state index contributed by atoms with van der Waals surface area (Å²) in [6.07, 6.45) is 7.26. The van der Waals surface area contributed by atoms with Crippen LogP contribution in [0.4, 0.5) is 0 Å². The number of nitriles is 1. The topological polar surface area (TPSA) is 114 Å². The highest BCUT2D eigenvalue weighted by Crippen LogP contribution is 2.76. The van der Waals surface area contributed by atoms with E-state index in [9.17, 15) is 24.8 Å². The zero-order chi connectivity index (χ0) is 30.6. The molecule has 0 unspecified atom stereocenters. The molecule has 0 heterocycles. The normalized spacial score (nSPS) is 41.7. The first-order valence-corrected chi connectivity index (χ1v) is 15.5. The molecule has 9 atom stereocenters. The monoisotopic (exact) mass is 569 g/mol. The van der Waals surface area contributed by atoms with E-state index >= 15 is 0 Å². The highest BCUT2D eigenvalue weighted by atomic mass is 16.5. The lowest BCUT2D eigenvalue weighted by Gasteiger charge is -2.71. The molecule has 0 radical (unpaired) electrons. The molecule has 0 bridgehead atoms. The fraction of sp³-hybridized carbons (Fsp3) is 0.824. The molecular formula is C34H51NO6. The van der Waals surface area contributed by atoms with Crippen molar-refractivity contribution < 1.29 is 29.0 Å². The number of nitrogens with zero attached hydrogens (tertiary/aromatic N) is 1. The Hall–Kier alpha value is -2.20. The lowest BCUT2D eigenvalue weighted by molar-refractivity contribution is -0.229. The molecular weight excluding hydrogens is 518 g/mol. The van der Waals surface area contributed by atoms with Gasteiger partial charge in [-0.3, -0.25) is 14.4 Å². The molecule has 4 aliphatic rings. The third kappa shape index (κ3) is 4.50. The van der Waals surface area contributed by atoms with Crippen molar-refractivity contribution in [2.24, 2.45) is 56.7 Å². The third-order valence-electron chi connectivity index (χ3n) is 13.5. The molecule has 4 saturated carbocycles. The first-order chi connectivity index (χ1) is 19.1. The minimum absolute atomic E-state index is 0.0259. The van der Waals surface area contributed by atoms with E-state index in [2.05, 4.69) is 33.4 Å². The quantitative estimate of drug-likeness (QED) is 0.280. The van der Waals surface area contributed by atoms with Gasteiger partial charge in [-0.1, -0.05) is 41.2 Å². The van der Waals surface area contributed by atoms with Crippen molar-refractivity contribution >= 4 is 17.7 Å². The smallest absolute Gasteiger partial charge is 0.312 e. The number of hydrogen-bond donors (Lipinski definition) is 1. The molecule has 0 aliphatic heterocycles. The Balaban J connectivity index is 1.75. The number of hydrogen-bond acceptors (Lipinski definition) is 7. The van der Waals surface area contributed by atoms with Crippen LogP contribution in [0.15, 0.2) is 12.2 Å². The number of aliphatic hydroxyl groups is 1. The van der Waals surface area contributed by atoms with Crippen LogP contribution in [0, 0.1) is 68.0 Å². The summed E-state index contributed by atoms with van der Waals surface area (Å²) in [5.74, 6) is -0.0431. The van der Waals surface area contributed by atoms with Crippen molar-refractivity contribution in [3.05, 3.63) is 12.2 Å². The minimum Gasteiger partial charge on any atom is -0.469 e. The Morgan fingerprint density at radius 3 is 2.29 bits per heavy atom. The van der Waals surface area contributed by atoms with Gasteiger partial charge in [0.25, 0.3) is 0 Å². The van der Waals surface area contributed by atoms with Crippen LogP contribution in [-0.4, -0.2) is 43.2 Å². The molecule has 0 spiro atoms. The number of esters is 2. The molecule has 0 amide bonds. The standard InChI is InChI=1S/C34H51NO6/c1-21(19-36)23-11-14-34(29(39)40-8)16-15-32(6)24(28(23)34)9-10-26-31(5,17-18-35)25(12-13-33(26,32)7)30(3,4)27(38)20-41-22(2)37/h23-26,28,36H,1,9-17,19-20H2,2-8H3/t23-,24+,25-,26+,28+,31-,32+,33+,34-/m0/s1. The Labute approximate surface area is 246 Å². The summed E-state index contributed by atoms with van der Waals surface area (Å²) in [7, 11) is 1.49. The van der Waals surface area contributed by atoms with Crippen molar-refractivity contribution in [2.75, 3.05) is 20.3 Å². The van der Waals surface area contributed by atoms with Gasteiger partial charge in [-0.05, 0) is 103 Å². The van der Waals surface area contributed by atoms with Gasteiger partial charge in [0.1, 0.15) is 0 Å². The summed E-state index contributed by atoms with van der Waals surface area (Å²) >= 11 is 0. The van der Waals surface area contributed by atoms with Gasteiger partial charge in [-0.2, -0.15) is 5.26 Å². The molecule has 4 aliphatic carbocycles. The second-order valence-electron chi connectivity index (χ2n) is 15.1. The molecule has 4 rings (SSSR count). The van der Waals surface area contributed by atoms with Gasteiger partial charge < -0.3 is 14.6 Å². The van der Waals surface area contributed by atoms with E-state index in [1.54, 1.807) is 0 Å². The van der Waals surface area contributed by atoms with Crippen molar-refractivity contribution in [3.63, 3.8) is 0 Å². The number of ether oxygens (including phenoxy) is 2. The summed E-state index contributed by atoms with van der Waals surface area (Å²) in [5.41, 5.74) is -1.03. The number of ketones is 1. The van der Waals surface area contributed by atoms with Gasteiger partial charge in [0.2, 0.25) is 0 Å². The zero-order valence-electron chi connectivity index (χ0n) is 26.3. The van der Waals surface area contributed by atoms with Gasteiger partial charge in [0.05, 0.1) is 25.2 Å². The van der Waals surface area contributed by atoms with E-state index in [4.69, 9.17) is 9.47 Å². The van der Waals surface area contributed by atoms with Crippen LogP contribution in [0.3, 0.4) is 0 Å². The largest absolute Gasteiger partial charge is 0.469 e. The fourth-order valence-corrected chi connectivity index (χ4v) is 11.2. The van der Waals surface area contributed by atoms with Crippen molar-refractivity contribution in [3.8, 4) is 6.07 Å². The Kier molecular flexibility index (Phi) is 8.37. The minimum atomic E-state index is -0.748. The summed E-state index contributed by atoms with van der Waals surface area (Å²) < 4.78 is 10.6. The maximum Gasteiger partial charge on any atom is 0.312 e. The molecule has 7 nitrogen and oxygen atoms in total. The number of fused-ring (bicyclic) bond motifs is 5. The maximum atomic E-state index is 13.5. The lowest BCUT2D eigenvalue weighted by Crippen LogP contribution is -2.66. The highest BCUT2D eigenvalue weighted by Gasteiger charge is 2.71. The molecule has 4 fully saturated rings. The van der Waals surface area contributed by atoms with Gasteiger partial charge in [0, 0.05) is 18.8 Å². The predicted octanol–water partition coefficient (Wildman–Crippen LogP) is 6.04. The first kappa shape index (κ1) is 31.7. The van der Waals surface area contributed by atoms with Crippen LogP contribution in [0.25, 0.3) is 0 Å². The van der Waals surface area contributed by atoms with E-state index in [1.807, 2.05) is 13.8 Å². The molecule has 0 aromatic carbocycles. The van der Waals surface area contributed by atoms with Gasteiger partial charge >= 0.3 is 11.9 Å². The van der Waals surface area contributed by atoms with Crippen molar-refractivity contribution in [1.82, 2.24) is 0 Å². The SMILES string of the molecule is C=C(CO)[C@@H]1CC[C@]2(C(=O)OC)CC[C@]3(C)[C@H](CC[C@@H]4[C@@](C)(CC#N)[C@H](C(C)(C)C(=O)COC(C)=O)CC[C@]43C)[C@@H]12. The first-order valence-electron chi connectivity index (χ1n) is 15.5. The van der Waals surface area contributed by atoms with E-state index in [-0.39, 0.29) is 65.4 Å². The van der Waals surface area contributed by atoms with Crippen LogP contribution >= 0.6 is 0 Å². The molecule has 0 aromatic heterocycles. The van der Waals surface area contributed by atoms with Crippen molar-refractivity contribution in [1.29, 1.82) is 5.26 Å². The number of aliphatic hydroxyl groups excluding tert-OH is 1. The van der Waals surface area contributed by atoms with Crippen LogP contribution in [-0.2, 0) is 23.9 Å². The molecule has 7 heteroatoms. The predicted molar refractivity (Wildman–Crippen MR) is 155 cm³/mol. The summed E-state index contributed by atoms with van der Waals surface area (Å²) in [5, 5.41) is 20.2. The van der Waals surface area contributed by atoms with Crippen LogP contribution < -0.4 is 0 Å². The number of carbonyl (C=O) groups excluding carboxylic acids is 3. The zero-order valence-corrected chi connectivity index (χ0v) is 26.3. The second-order valence-corrected chi connectivity index (χ2v) is 15.1. The van der Waals surface area contributed by atoms with E-state index in [0.717, 1.165) is 56.9 Å². The third-order valence-corrected chi connectivity index (χ3v) is 13.5. The van der Waals surface area contributed by atoms with Gasteiger partial charge in [0.15, 0.2) is 12.4 Å². The van der Waals surface area contributed by atoms with Gasteiger partial charge in [-0.25, -0.2) is 0 Å². The number of Topliss-reactive ketones (excluding diaryl/α,β-unsaturated/α-hetero) is 1. The van der Waals surface area contributed by atoms with Gasteiger partial charge in [-0.15, -0.1) is 0 Å². The summed E-state index contributed by atoms with van der Waals surface area (Å²) in [6, 6.07) is 2.50. The number of rotatable bonds is 8. The molecule has 41 heavy (non-hydrogen) atoms. The second kappa shape index (κ2) is 10.8. The van der Waals surface area contributed by atoms with Crippen molar-refractivity contribution in [2.45, 2.75) is 99.3 Å². The maximum absolute atomic E-state index is 13.5. The summed E-state index contributed by atoms with van der Waals surface area (Å²) in [6.45, 7) is 16.2. The highest BCUT2D eigenvalue weighted by molar-refractivity contribution is 5.87. The summed E-state index contributed by atoms with van der Waals surface area (Å²) in [4.78, 5) is 38.4. The van der Waals surface area contributed by atoms with Crippen LogP contribution in [0.2, 0.25) is 0 Å². The van der Waals surface area contributed by atoms with Crippen LogP contribution in [0.5, 0.6) is 0 Å². The molecule has 228 valence electrons.